The number of halogens is 1. The van der Waals surface area contributed by atoms with Gasteiger partial charge in [0.05, 0.1) is 0 Å². The maximum atomic E-state index is 13.0. The fourth-order valence-electron chi connectivity index (χ4n) is 3.10. The number of nitrogens with zero attached hydrogens (tertiary/aromatic N) is 1. The van der Waals surface area contributed by atoms with Gasteiger partial charge < -0.3 is 15.0 Å². The second kappa shape index (κ2) is 8.20. The Bertz CT molecular complexity index is 830. The van der Waals surface area contributed by atoms with Crippen LogP contribution >= 0.6 is 0 Å². The Hall–Kier alpha value is -2.89. The van der Waals surface area contributed by atoms with E-state index in [4.69, 9.17) is 4.74 Å². The van der Waals surface area contributed by atoms with Crippen molar-refractivity contribution in [3.8, 4) is 5.75 Å². The number of anilines is 1. The van der Waals surface area contributed by atoms with Gasteiger partial charge >= 0.3 is 0 Å². The molecule has 6 heteroatoms. The minimum absolute atomic E-state index is 0.00305. The summed E-state index contributed by atoms with van der Waals surface area (Å²) in [7, 11) is 0. The zero-order valence-corrected chi connectivity index (χ0v) is 15.5. The summed E-state index contributed by atoms with van der Waals surface area (Å²) in [5, 5.41) is 2.82. The van der Waals surface area contributed by atoms with E-state index in [9.17, 15) is 14.0 Å². The third kappa shape index (κ3) is 4.45. The third-order valence-corrected chi connectivity index (χ3v) is 4.71. The maximum Gasteiger partial charge on any atom is 0.265 e. The van der Waals surface area contributed by atoms with Crippen molar-refractivity contribution in [3.05, 3.63) is 59.4 Å². The molecule has 2 aromatic carbocycles. The molecule has 0 spiro atoms. The lowest BCUT2D eigenvalue weighted by Crippen LogP contribution is -2.31. The molecule has 0 aliphatic carbocycles. The Morgan fingerprint density at radius 2 is 1.78 bits per heavy atom. The molecule has 0 radical (unpaired) electrons. The van der Waals surface area contributed by atoms with E-state index in [1.807, 2.05) is 11.8 Å². The van der Waals surface area contributed by atoms with Gasteiger partial charge in [0.2, 0.25) is 0 Å². The number of hydrogen-bond donors (Lipinski definition) is 1. The highest BCUT2D eigenvalue weighted by atomic mass is 19.1. The van der Waals surface area contributed by atoms with E-state index < -0.39 is 6.10 Å². The fourth-order valence-corrected chi connectivity index (χ4v) is 3.10. The van der Waals surface area contributed by atoms with Gasteiger partial charge in [0, 0.05) is 24.3 Å². The summed E-state index contributed by atoms with van der Waals surface area (Å²) in [6, 6.07) is 10.8. The zero-order chi connectivity index (χ0) is 19.4. The van der Waals surface area contributed by atoms with Crippen LogP contribution in [0.4, 0.5) is 10.1 Å². The van der Waals surface area contributed by atoms with Crippen molar-refractivity contribution in [1.29, 1.82) is 0 Å². The van der Waals surface area contributed by atoms with E-state index in [0.717, 1.165) is 31.5 Å². The van der Waals surface area contributed by atoms with Crippen LogP contribution in [0.2, 0.25) is 0 Å². The first-order valence-electron chi connectivity index (χ1n) is 9.07. The smallest absolute Gasteiger partial charge is 0.265 e. The molecule has 2 amide bonds. The van der Waals surface area contributed by atoms with Crippen molar-refractivity contribution >= 4 is 17.5 Å². The van der Waals surface area contributed by atoms with Gasteiger partial charge in [-0.25, -0.2) is 4.39 Å². The molecule has 142 valence electrons. The number of amides is 2. The molecule has 1 aliphatic heterocycles. The number of carbonyl (C=O) groups excluding carboxylic acids is 2. The molecule has 1 heterocycles. The van der Waals surface area contributed by atoms with Crippen LogP contribution in [0.1, 0.15) is 35.7 Å². The van der Waals surface area contributed by atoms with Crippen LogP contribution < -0.4 is 10.1 Å². The first-order valence-corrected chi connectivity index (χ1v) is 9.07. The molecule has 0 aromatic heterocycles. The summed E-state index contributed by atoms with van der Waals surface area (Å²) in [5.74, 6) is -0.298. The van der Waals surface area contributed by atoms with Crippen molar-refractivity contribution in [2.45, 2.75) is 32.8 Å². The monoisotopic (exact) mass is 370 g/mol. The third-order valence-electron chi connectivity index (χ3n) is 4.71. The van der Waals surface area contributed by atoms with Crippen LogP contribution in [0.15, 0.2) is 42.5 Å². The number of carbonyl (C=O) groups is 2. The minimum atomic E-state index is -0.771. The highest BCUT2D eigenvalue weighted by molar-refractivity contribution is 6.00. The first kappa shape index (κ1) is 18.9. The maximum absolute atomic E-state index is 13.0. The van der Waals surface area contributed by atoms with Crippen LogP contribution in [-0.4, -0.2) is 35.9 Å². The summed E-state index contributed by atoms with van der Waals surface area (Å²) < 4.78 is 18.5. The Kier molecular flexibility index (Phi) is 5.74. The molecular weight excluding hydrogens is 347 g/mol. The van der Waals surface area contributed by atoms with Crippen molar-refractivity contribution in [3.63, 3.8) is 0 Å². The van der Waals surface area contributed by atoms with Crippen molar-refractivity contribution < 1.29 is 18.7 Å². The summed E-state index contributed by atoms with van der Waals surface area (Å²) in [5.41, 5.74) is 1.91. The SMILES string of the molecule is Cc1c(NC(=O)[C@H](C)Oc2ccc(F)cc2)cccc1C(=O)N1CCCC1. The normalized spacial score (nSPS) is 14.7. The topological polar surface area (TPSA) is 58.6 Å². The van der Waals surface area contributed by atoms with Crippen LogP contribution in [0, 0.1) is 12.7 Å². The van der Waals surface area contributed by atoms with Gasteiger partial charge in [-0.05, 0) is 68.7 Å². The molecule has 0 saturated carbocycles. The lowest BCUT2D eigenvalue weighted by molar-refractivity contribution is -0.122. The summed E-state index contributed by atoms with van der Waals surface area (Å²) in [4.78, 5) is 27.0. The van der Waals surface area contributed by atoms with Gasteiger partial charge in [-0.2, -0.15) is 0 Å². The van der Waals surface area contributed by atoms with Gasteiger partial charge in [-0.15, -0.1) is 0 Å². The van der Waals surface area contributed by atoms with Gasteiger partial charge in [0.15, 0.2) is 6.10 Å². The van der Waals surface area contributed by atoms with Crippen LogP contribution in [0.3, 0.4) is 0 Å². The molecular formula is C21H23FN2O3. The molecule has 0 bridgehead atoms. The molecule has 1 atom stereocenters. The average molecular weight is 370 g/mol. The lowest BCUT2D eigenvalue weighted by atomic mass is 10.1. The van der Waals surface area contributed by atoms with E-state index in [0.29, 0.717) is 17.0 Å². The number of hydrogen-bond acceptors (Lipinski definition) is 3. The molecule has 1 aliphatic rings. The fraction of sp³-hybridized carbons (Fsp3) is 0.333. The van der Waals surface area contributed by atoms with E-state index in [2.05, 4.69) is 5.32 Å². The number of benzene rings is 2. The summed E-state index contributed by atoms with van der Waals surface area (Å²) >= 11 is 0. The van der Waals surface area contributed by atoms with Crippen LogP contribution in [0.5, 0.6) is 5.75 Å². The highest BCUT2D eigenvalue weighted by Crippen LogP contribution is 2.23. The van der Waals surface area contributed by atoms with Gasteiger partial charge in [0.25, 0.3) is 11.8 Å². The molecule has 1 fully saturated rings. The van der Waals surface area contributed by atoms with Crippen molar-refractivity contribution in [2.24, 2.45) is 0 Å². The van der Waals surface area contributed by atoms with Crippen molar-refractivity contribution in [2.75, 3.05) is 18.4 Å². The van der Waals surface area contributed by atoms with E-state index in [1.54, 1.807) is 25.1 Å². The Morgan fingerprint density at radius 1 is 1.11 bits per heavy atom. The van der Waals surface area contributed by atoms with Gasteiger partial charge in [-0.3, -0.25) is 9.59 Å². The number of ether oxygens (including phenoxy) is 1. The van der Waals surface area contributed by atoms with E-state index in [-0.39, 0.29) is 17.6 Å². The zero-order valence-electron chi connectivity index (χ0n) is 15.5. The summed E-state index contributed by atoms with van der Waals surface area (Å²) in [6.45, 7) is 4.99. The van der Waals surface area contributed by atoms with E-state index in [1.165, 1.54) is 24.3 Å². The first-order chi connectivity index (χ1) is 13.0. The van der Waals surface area contributed by atoms with E-state index >= 15 is 0 Å². The van der Waals surface area contributed by atoms with Gasteiger partial charge in [-0.1, -0.05) is 6.07 Å². The second-order valence-electron chi connectivity index (χ2n) is 6.68. The average Bonchev–Trinajstić information content (AvgIpc) is 3.19. The molecule has 5 nitrogen and oxygen atoms in total. The minimum Gasteiger partial charge on any atom is -0.481 e. The number of rotatable bonds is 5. The predicted molar refractivity (Wildman–Crippen MR) is 101 cm³/mol. The Morgan fingerprint density at radius 3 is 2.44 bits per heavy atom. The van der Waals surface area contributed by atoms with Crippen molar-refractivity contribution in [1.82, 2.24) is 4.90 Å². The largest absolute Gasteiger partial charge is 0.481 e. The molecule has 1 N–H and O–H groups in total. The molecule has 27 heavy (non-hydrogen) atoms. The second-order valence-corrected chi connectivity index (χ2v) is 6.68. The van der Waals surface area contributed by atoms with Crippen LogP contribution in [-0.2, 0) is 4.79 Å². The Labute approximate surface area is 158 Å². The molecule has 0 unspecified atom stereocenters. The number of likely N-dealkylation sites (tertiary alicyclic amines) is 1. The highest BCUT2D eigenvalue weighted by Gasteiger charge is 2.23. The summed E-state index contributed by atoms with van der Waals surface area (Å²) in [6.07, 6.45) is 1.28. The molecule has 2 aromatic rings. The molecule has 3 rings (SSSR count). The quantitative estimate of drug-likeness (QED) is 0.871. The molecule has 1 saturated heterocycles. The standard InChI is InChI=1S/C21H23FN2O3/c1-14-18(21(26)24-12-3-4-13-24)6-5-7-19(14)23-20(25)15(2)27-17-10-8-16(22)9-11-17/h5-11,15H,3-4,12-13H2,1-2H3,(H,23,25)/t15-/m0/s1. The predicted octanol–water partition coefficient (Wildman–Crippen LogP) is 3.78. The van der Waals surface area contributed by atoms with Gasteiger partial charge in [0.1, 0.15) is 11.6 Å². The lowest BCUT2D eigenvalue weighted by Gasteiger charge is -2.19. The Balaban J connectivity index is 1.69. The number of nitrogens with one attached hydrogen (secondary N) is 1. The van der Waals surface area contributed by atoms with Crippen LogP contribution in [0.25, 0.3) is 0 Å².